The molecule has 4 heteroatoms. The van der Waals surface area contributed by atoms with E-state index in [0.717, 1.165) is 12.1 Å². The fraction of sp³-hybridized carbons (Fsp3) is 0.500. The summed E-state index contributed by atoms with van der Waals surface area (Å²) < 4.78 is 0. The molecule has 1 unspecified atom stereocenters. The molecule has 0 aliphatic carbocycles. The Balaban J connectivity index is 2.76. The zero-order valence-electron chi connectivity index (χ0n) is 11.3. The van der Waals surface area contributed by atoms with Crippen molar-refractivity contribution in [1.29, 1.82) is 5.41 Å². The summed E-state index contributed by atoms with van der Waals surface area (Å²) in [6.07, 6.45) is 2.36. The zero-order chi connectivity index (χ0) is 13.7. The highest BCUT2D eigenvalue weighted by Crippen LogP contribution is 2.20. The Kier molecular flexibility index (Phi) is 5.63. The first-order chi connectivity index (χ1) is 8.45. The zero-order valence-corrected chi connectivity index (χ0v) is 12.1. The molecule has 100 valence electrons. The molecule has 0 aliphatic heterocycles. The van der Waals surface area contributed by atoms with E-state index in [1.807, 2.05) is 12.1 Å². The van der Waals surface area contributed by atoms with Gasteiger partial charge in [0.05, 0.1) is 0 Å². The molecule has 0 saturated heterocycles. The molecule has 0 radical (unpaired) electrons. The van der Waals surface area contributed by atoms with Crippen LogP contribution >= 0.6 is 11.6 Å². The van der Waals surface area contributed by atoms with Crippen molar-refractivity contribution >= 4 is 17.4 Å². The Morgan fingerprint density at radius 3 is 2.67 bits per heavy atom. The summed E-state index contributed by atoms with van der Waals surface area (Å²) in [5.41, 5.74) is 7.19. The van der Waals surface area contributed by atoms with Crippen LogP contribution in [0.15, 0.2) is 18.2 Å². The quantitative estimate of drug-likeness (QED) is 0.614. The van der Waals surface area contributed by atoms with Gasteiger partial charge in [-0.25, -0.2) is 0 Å². The highest BCUT2D eigenvalue weighted by atomic mass is 35.5. The molecule has 1 rings (SSSR count). The van der Waals surface area contributed by atoms with Crippen molar-refractivity contribution in [1.82, 2.24) is 4.90 Å². The normalized spacial score (nSPS) is 12.7. The van der Waals surface area contributed by atoms with Crippen LogP contribution in [0, 0.1) is 5.41 Å². The molecule has 1 atom stereocenters. The van der Waals surface area contributed by atoms with Gasteiger partial charge in [-0.3, -0.25) is 10.3 Å². The fourth-order valence-corrected chi connectivity index (χ4v) is 2.15. The van der Waals surface area contributed by atoms with Crippen molar-refractivity contribution in [3.63, 3.8) is 0 Å². The minimum absolute atomic E-state index is 0.0520. The van der Waals surface area contributed by atoms with Gasteiger partial charge >= 0.3 is 0 Å². The second-order valence-corrected chi connectivity index (χ2v) is 5.18. The molecule has 0 amide bonds. The second kappa shape index (κ2) is 6.76. The van der Waals surface area contributed by atoms with Crippen LogP contribution in [0.4, 0.5) is 0 Å². The SMILES string of the molecule is CCCC(C)N(C)Cc1ccc(C(=N)N)cc1Cl. The van der Waals surface area contributed by atoms with Crippen LogP contribution in [-0.4, -0.2) is 23.8 Å². The van der Waals surface area contributed by atoms with Gasteiger partial charge in [-0.2, -0.15) is 0 Å². The number of nitrogen functional groups attached to an aromatic ring is 1. The van der Waals surface area contributed by atoms with Crippen LogP contribution in [0.2, 0.25) is 5.02 Å². The Morgan fingerprint density at radius 2 is 2.17 bits per heavy atom. The fourth-order valence-electron chi connectivity index (χ4n) is 1.91. The highest BCUT2D eigenvalue weighted by molar-refractivity contribution is 6.31. The maximum Gasteiger partial charge on any atom is 0.122 e. The van der Waals surface area contributed by atoms with Gasteiger partial charge in [0.1, 0.15) is 5.84 Å². The van der Waals surface area contributed by atoms with Crippen LogP contribution in [0.3, 0.4) is 0 Å². The van der Waals surface area contributed by atoms with E-state index < -0.39 is 0 Å². The summed E-state index contributed by atoms with van der Waals surface area (Å²) in [7, 11) is 2.11. The van der Waals surface area contributed by atoms with E-state index in [-0.39, 0.29) is 5.84 Å². The Bertz CT molecular complexity index is 418. The third-order valence-electron chi connectivity index (χ3n) is 3.24. The van der Waals surface area contributed by atoms with Crippen LogP contribution < -0.4 is 5.73 Å². The largest absolute Gasteiger partial charge is 0.384 e. The number of nitrogens with two attached hydrogens (primary N) is 1. The van der Waals surface area contributed by atoms with Crippen molar-refractivity contribution in [3.05, 3.63) is 34.3 Å². The van der Waals surface area contributed by atoms with Crippen molar-refractivity contribution in [3.8, 4) is 0 Å². The Hall–Kier alpha value is -1.06. The van der Waals surface area contributed by atoms with E-state index in [2.05, 4.69) is 25.8 Å². The number of benzene rings is 1. The lowest BCUT2D eigenvalue weighted by atomic mass is 10.1. The average Bonchev–Trinajstić information content (AvgIpc) is 2.31. The number of halogens is 1. The maximum atomic E-state index is 7.38. The van der Waals surface area contributed by atoms with E-state index in [0.29, 0.717) is 16.6 Å². The summed E-state index contributed by atoms with van der Waals surface area (Å²) in [6.45, 7) is 5.23. The number of rotatable bonds is 6. The summed E-state index contributed by atoms with van der Waals surface area (Å²) in [6, 6.07) is 6.10. The van der Waals surface area contributed by atoms with Crippen LogP contribution in [0.25, 0.3) is 0 Å². The molecule has 0 saturated carbocycles. The molecule has 0 bridgehead atoms. The smallest absolute Gasteiger partial charge is 0.122 e. The van der Waals surface area contributed by atoms with Crippen LogP contribution in [0.5, 0.6) is 0 Å². The summed E-state index contributed by atoms with van der Waals surface area (Å²) in [5.74, 6) is 0.0520. The molecule has 3 N–H and O–H groups in total. The molecule has 0 heterocycles. The molecule has 1 aromatic carbocycles. The van der Waals surface area contributed by atoms with Gasteiger partial charge in [0.25, 0.3) is 0 Å². The summed E-state index contributed by atoms with van der Waals surface area (Å²) in [5, 5.41) is 8.05. The lowest BCUT2D eigenvalue weighted by Crippen LogP contribution is -2.28. The molecule has 0 aromatic heterocycles. The molecule has 18 heavy (non-hydrogen) atoms. The number of hydrogen-bond donors (Lipinski definition) is 2. The van der Waals surface area contributed by atoms with Gasteiger partial charge in [0.15, 0.2) is 0 Å². The first kappa shape index (κ1) is 15.0. The molecule has 0 aliphatic rings. The van der Waals surface area contributed by atoms with Crippen molar-refractivity contribution in [2.75, 3.05) is 7.05 Å². The van der Waals surface area contributed by atoms with E-state index in [4.69, 9.17) is 22.7 Å². The molecule has 1 aromatic rings. The van der Waals surface area contributed by atoms with Crippen molar-refractivity contribution in [2.45, 2.75) is 39.3 Å². The predicted molar refractivity (Wildman–Crippen MR) is 78.3 cm³/mol. The molecular formula is C14H22ClN3. The van der Waals surface area contributed by atoms with E-state index in [1.165, 1.54) is 12.8 Å². The van der Waals surface area contributed by atoms with Crippen molar-refractivity contribution in [2.24, 2.45) is 5.73 Å². The molecule has 3 nitrogen and oxygen atoms in total. The first-order valence-electron chi connectivity index (χ1n) is 6.28. The van der Waals surface area contributed by atoms with Gasteiger partial charge in [0.2, 0.25) is 0 Å². The van der Waals surface area contributed by atoms with Gasteiger partial charge in [-0.15, -0.1) is 0 Å². The topological polar surface area (TPSA) is 53.1 Å². The van der Waals surface area contributed by atoms with Gasteiger partial charge in [0, 0.05) is 23.2 Å². The number of nitrogens with one attached hydrogen (secondary N) is 1. The minimum atomic E-state index is 0.0520. The number of nitrogens with zero attached hydrogens (tertiary/aromatic N) is 1. The highest BCUT2D eigenvalue weighted by Gasteiger charge is 2.11. The van der Waals surface area contributed by atoms with Gasteiger partial charge in [-0.05, 0) is 32.0 Å². The van der Waals surface area contributed by atoms with Crippen LogP contribution in [-0.2, 0) is 6.54 Å². The predicted octanol–water partition coefficient (Wildman–Crippen LogP) is 3.24. The van der Waals surface area contributed by atoms with Crippen molar-refractivity contribution < 1.29 is 0 Å². The van der Waals surface area contributed by atoms with E-state index >= 15 is 0 Å². The minimum Gasteiger partial charge on any atom is -0.384 e. The lowest BCUT2D eigenvalue weighted by molar-refractivity contribution is 0.237. The first-order valence-corrected chi connectivity index (χ1v) is 6.66. The van der Waals surface area contributed by atoms with Gasteiger partial charge < -0.3 is 5.73 Å². The molecule has 0 fully saturated rings. The van der Waals surface area contributed by atoms with E-state index in [9.17, 15) is 0 Å². The number of hydrogen-bond acceptors (Lipinski definition) is 2. The Labute approximate surface area is 114 Å². The lowest BCUT2D eigenvalue weighted by Gasteiger charge is -2.24. The third-order valence-corrected chi connectivity index (χ3v) is 3.59. The second-order valence-electron chi connectivity index (χ2n) is 4.77. The summed E-state index contributed by atoms with van der Waals surface area (Å²) in [4.78, 5) is 2.29. The van der Waals surface area contributed by atoms with Gasteiger partial charge in [-0.1, -0.05) is 37.1 Å². The monoisotopic (exact) mass is 267 g/mol. The van der Waals surface area contributed by atoms with Crippen LogP contribution in [0.1, 0.15) is 37.8 Å². The standard InChI is InChI=1S/C14H22ClN3/c1-4-5-10(2)18(3)9-12-7-6-11(14(16)17)8-13(12)15/h6-8,10H,4-5,9H2,1-3H3,(H3,16,17). The third kappa shape index (κ3) is 4.00. The average molecular weight is 268 g/mol. The maximum absolute atomic E-state index is 7.38. The number of amidine groups is 1. The molecular weight excluding hydrogens is 246 g/mol. The summed E-state index contributed by atoms with van der Waals surface area (Å²) >= 11 is 6.22. The van der Waals surface area contributed by atoms with E-state index in [1.54, 1.807) is 6.07 Å². The molecule has 0 spiro atoms. The Morgan fingerprint density at radius 1 is 1.50 bits per heavy atom.